The molecule has 3 nitrogen and oxygen atoms in total. The Kier molecular flexibility index (Phi) is 6.69. The second-order valence-electron chi connectivity index (χ2n) is 5.69. The Hall–Kier alpha value is -2.02. The third kappa shape index (κ3) is 5.00. The van der Waals surface area contributed by atoms with E-state index in [0.717, 1.165) is 6.07 Å². The second kappa shape index (κ2) is 8.58. The van der Waals surface area contributed by atoms with Gasteiger partial charge in [0.1, 0.15) is 12.4 Å². The monoisotopic (exact) mass is 430 g/mol. The minimum atomic E-state index is -4.53. The number of esters is 1. The molecule has 0 spiro atoms. The summed E-state index contributed by atoms with van der Waals surface area (Å²) in [5.41, 5.74) is 0.324. The summed E-state index contributed by atoms with van der Waals surface area (Å²) in [7, 11) is 0. The summed E-state index contributed by atoms with van der Waals surface area (Å²) < 4.78 is 50.8. The molecule has 0 saturated carbocycles. The quantitative estimate of drug-likeness (QED) is 0.533. The number of carbonyl (C=O) groups is 1. The van der Waals surface area contributed by atoms with Crippen LogP contribution in [0.4, 0.5) is 13.2 Å². The van der Waals surface area contributed by atoms with Crippen molar-refractivity contribution in [3.05, 3.63) is 63.1 Å². The first-order valence-corrected chi connectivity index (χ1v) is 8.78. The van der Waals surface area contributed by atoms with Gasteiger partial charge in [0.2, 0.25) is 0 Å². The van der Waals surface area contributed by atoms with Gasteiger partial charge in [0.25, 0.3) is 0 Å². The van der Waals surface area contributed by atoms with Crippen LogP contribution in [0.25, 0.3) is 0 Å². The average molecular weight is 431 g/mol. The molecule has 0 atom stereocenters. The summed E-state index contributed by atoms with van der Waals surface area (Å²) in [5.74, 6) is -0.821. The van der Waals surface area contributed by atoms with Crippen LogP contribution >= 0.6 is 15.9 Å². The maximum atomic E-state index is 13.2. The summed E-state index contributed by atoms with van der Waals surface area (Å²) in [6.45, 7) is 3.51. The maximum absolute atomic E-state index is 13.2. The largest absolute Gasteiger partial charge is 0.488 e. The van der Waals surface area contributed by atoms with Crippen LogP contribution in [0.15, 0.2) is 40.9 Å². The van der Waals surface area contributed by atoms with Gasteiger partial charge in [0, 0.05) is 10.0 Å². The molecule has 0 amide bonds. The predicted octanol–water partition coefficient (Wildman–Crippen LogP) is 5.92. The molecule has 0 saturated heterocycles. The van der Waals surface area contributed by atoms with Gasteiger partial charge in [-0.3, -0.25) is 0 Å². The Labute approximate surface area is 158 Å². The Morgan fingerprint density at radius 2 is 1.92 bits per heavy atom. The molecule has 0 aliphatic heterocycles. The van der Waals surface area contributed by atoms with Gasteiger partial charge >= 0.3 is 12.1 Å². The number of rotatable bonds is 6. The van der Waals surface area contributed by atoms with Crippen LogP contribution in [0, 0.1) is 6.92 Å². The zero-order valence-electron chi connectivity index (χ0n) is 14.3. The lowest BCUT2D eigenvalue weighted by atomic mass is 10.1. The standard InChI is InChI=1S/C19H18BrF3O3/c1-3-9-25-18(24)13-5-4-6-16(20)14(13)11-26-17-8-7-12(2)10-15(17)19(21,22)23/h4-8,10H,3,9,11H2,1-2H3. The van der Waals surface area contributed by atoms with E-state index in [1.165, 1.54) is 6.07 Å². The van der Waals surface area contributed by atoms with Gasteiger partial charge in [-0.2, -0.15) is 13.2 Å². The van der Waals surface area contributed by atoms with Gasteiger partial charge in [-0.25, -0.2) is 4.79 Å². The van der Waals surface area contributed by atoms with E-state index in [2.05, 4.69) is 15.9 Å². The van der Waals surface area contributed by atoms with E-state index in [1.807, 2.05) is 6.92 Å². The summed E-state index contributed by atoms with van der Waals surface area (Å²) in [6.07, 6.45) is -3.86. The fraction of sp³-hybridized carbons (Fsp3) is 0.316. The molecule has 7 heteroatoms. The summed E-state index contributed by atoms with van der Waals surface area (Å²) >= 11 is 3.32. The minimum absolute atomic E-state index is 0.204. The third-order valence-electron chi connectivity index (χ3n) is 3.59. The van der Waals surface area contributed by atoms with Crippen molar-refractivity contribution >= 4 is 21.9 Å². The van der Waals surface area contributed by atoms with E-state index in [4.69, 9.17) is 9.47 Å². The highest BCUT2D eigenvalue weighted by Gasteiger charge is 2.34. The average Bonchev–Trinajstić information content (AvgIpc) is 2.58. The Balaban J connectivity index is 2.29. The number of ether oxygens (including phenoxy) is 2. The van der Waals surface area contributed by atoms with Crippen LogP contribution in [0.5, 0.6) is 5.75 Å². The van der Waals surface area contributed by atoms with E-state index in [0.29, 0.717) is 22.0 Å². The fourth-order valence-electron chi connectivity index (χ4n) is 2.31. The van der Waals surface area contributed by atoms with Gasteiger partial charge in [0.05, 0.1) is 17.7 Å². The highest BCUT2D eigenvalue weighted by atomic mass is 79.9. The number of hydrogen-bond donors (Lipinski definition) is 0. The molecule has 0 unspecified atom stereocenters. The lowest BCUT2D eigenvalue weighted by molar-refractivity contribution is -0.139. The van der Waals surface area contributed by atoms with Crippen molar-refractivity contribution in [1.82, 2.24) is 0 Å². The highest BCUT2D eigenvalue weighted by molar-refractivity contribution is 9.10. The van der Waals surface area contributed by atoms with Crippen molar-refractivity contribution in [1.29, 1.82) is 0 Å². The van der Waals surface area contributed by atoms with E-state index < -0.39 is 17.7 Å². The van der Waals surface area contributed by atoms with Gasteiger partial charge in [0.15, 0.2) is 0 Å². The van der Waals surface area contributed by atoms with Gasteiger partial charge in [-0.05, 0) is 37.6 Å². The van der Waals surface area contributed by atoms with Crippen molar-refractivity contribution in [3.8, 4) is 5.75 Å². The van der Waals surface area contributed by atoms with E-state index in [-0.39, 0.29) is 24.5 Å². The summed E-state index contributed by atoms with van der Waals surface area (Å²) in [4.78, 5) is 12.2. The number of hydrogen-bond acceptors (Lipinski definition) is 3. The van der Waals surface area contributed by atoms with E-state index in [9.17, 15) is 18.0 Å². The van der Waals surface area contributed by atoms with Gasteiger partial charge in [-0.15, -0.1) is 0 Å². The SMILES string of the molecule is CCCOC(=O)c1cccc(Br)c1COc1ccc(C)cc1C(F)(F)F. The molecule has 0 radical (unpaired) electrons. The van der Waals surface area contributed by atoms with E-state index in [1.54, 1.807) is 31.2 Å². The Bertz CT molecular complexity index is 788. The van der Waals surface area contributed by atoms with Crippen LogP contribution in [0.3, 0.4) is 0 Å². The predicted molar refractivity (Wildman–Crippen MR) is 95.2 cm³/mol. The van der Waals surface area contributed by atoms with Crippen LogP contribution < -0.4 is 4.74 Å². The van der Waals surface area contributed by atoms with Gasteiger partial charge in [-0.1, -0.05) is 40.5 Å². The minimum Gasteiger partial charge on any atom is -0.488 e. The topological polar surface area (TPSA) is 35.5 Å². The first kappa shape index (κ1) is 20.3. The molecule has 0 aliphatic rings. The van der Waals surface area contributed by atoms with Crippen molar-refractivity contribution in [2.75, 3.05) is 6.61 Å². The molecule has 0 fully saturated rings. The van der Waals surface area contributed by atoms with Crippen molar-refractivity contribution < 1.29 is 27.4 Å². The molecule has 2 rings (SSSR count). The number of alkyl halides is 3. The molecule has 0 aliphatic carbocycles. The Morgan fingerprint density at radius 1 is 1.19 bits per heavy atom. The first-order chi connectivity index (χ1) is 12.2. The molecule has 0 aromatic heterocycles. The summed E-state index contributed by atoms with van der Waals surface area (Å²) in [5, 5.41) is 0. The van der Waals surface area contributed by atoms with Crippen molar-refractivity contribution in [2.24, 2.45) is 0 Å². The lowest BCUT2D eigenvalue weighted by Crippen LogP contribution is -2.13. The zero-order chi connectivity index (χ0) is 19.3. The number of aryl methyl sites for hydroxylation is 1. The van der Waals surface area contributed by atoms with Crippen LogP contribution in [-0.4, -0.2) is 12.6 Å². The fourth-order valence-corrected chi connectivity index (χ4v) is 2.79. The highest BCUT2D eigenvalue weighted by Crippen LogP contribution is 2.37. The number of halogens is 4. The van der Waals surface area contributed by atoms with Crippen molar-refractivity contribution in [3.63, 3.8) is 0 Å². The zero-order valence-corrected chi connectivity index (χ0v) is 15.9. The van der Waals surface area contributed by atoms with E-state index >= 15 is 0 Å². The molecule has 0 heterocycles. The van der Waals surface area contributed by atoms with Crippen LogP contribution in [-0.2, 0) is 17.5 Å². The second-order valence-corrected chi connectivity index (χ2v) is 6.54. The smallest absolute Gasteiger partial charge is 0.419 e. The molecule has 2 aromatic rings. The molecule has 140 valence electrons. The maximum Gasteiger partial charge on any atom is 0.419 e. The summed E-state index contributed by atoms with van der Waals surface area (Å²) in [6, 6.07) is 8.76. The lowest BCUT2D eigenvalue weighted by Gasteiger charge is -2.16. The number of benzene rings is 2. The van der Waals surface area contributed by atoms with Crippen LogP contribution in [0.1, 0.15) is 40.4 Å². The third-order valence-corrected chi connectivity index (χ3v) is 4.33. The normalized spacial score (nSPS) is 11.3. The molecule has 26 heavy (non-hydrogen) atoms. The van der Waals surface area contributed by atoms with Crippen molar-refractivity contribution in [2.45, 2.75) is 33.1 Å². The van der Waals surface area contributed by atoms with Gasteiger partial charge < -0.3 is 9.47 Å². The molecular formula is C19H18BrF3O3. The molecule has 2 aromatic carbocycles. The molecular weight excluding hydrogens is 413 g/mol. The molecule has 0 bridgehead atoms. The first-order valence-electron chi connectivity index (χ1n) is 7.99. The molecule has 0 N–H and O–H groups in total. The van der Waals surface area contributed by atoms with Crippen LogP contribution in [0.2, 0.25) is 0 Å². The number of carbonyl (C=O) groups excluding carboxylic acids is 1. The Morgan fingerprint density at radius 3 is 2.58 bits per heavy atom.